The van der Waals surface area contributed by atoms with Crippen molar-refractivity contribution in [2.75, 3.05) is 13.2 Å². The summed E-state index contributed by atoms with van der Waals surface area (Å²) in [5, 5.41) is 5.51. The number of carbonyl (C=O) groups is 1. The summed E-state index contributed by atoms with van der Waals surface area (Å²) in [5.74, 6) is 2.33. The van der Waals surface area contributed by atoms with Gasteiger partial charge in [0.25, 0.3) is 0 Å². The number of carbonyl (C=O) groups excluding carboxylic acids is 1. The minimum Gasteiger partial charge on any atom is -0.492 e. The third-order valence-corrected chi connectivity index (χ3v) is 7.29. The number of amides is 1. The Morgan fingerprint density at radius 2 is 1.81 bits per heavy atom. The molecule has 4 aliphatic carbocycles. The van der Waals surface area contributed by atoms with Gasteiger partial charge in [0.2, 0.25) is 5.91 Å². The van der Waals surface area contributed by atoms with E-state index in [0.717, 1.165) is 37.9 Å². The van der Waals surface area contributed by atoms with E-state index >= 15 is 0 Å². The number of ether oxygens (including phenoxy) is 1. The van der Waals surface area contributed by atoms with Crippen molar-refractivity contribution in [3.63, 3.8) is 0 Å². The van der Waals surface area contributed by atoms with E-state index in [2.05, 4.69) is 23.5 Å². The first-order valence-electron chi connectivity index (χ1n) is 10.1. The lowest BCUT2D eigenvalue weighted by Crippen LogP contribution is -2.58. The highest BCUT2D eigenvalue weighted by atomic mass is 35.5. The topological polar surface area (TPSA) is 38.3 Å². The molecule has 4 saturated carbocycles. The summed E-state index contributed by atoms with van der Waals surface area (Å²) in [5.41, 5.74) is -0.227. The minimum absolute atomic E-state index is 0.122. The van der Waals surface area contributed by atoms with Gasteiger partial charge in [-0.25, -0.2) is 0 Å². The van der Waals surface area contributed by atoms with Crippen molar-refractivity contribution < 1.29 is 9.53 Å². The summed E-state index contributed by atoms with van der Waals surface area (Å²) >= 11 is 6.85. The first kappa shape index (κ1) is 17.4. The van der Waals surface area contributed by atoms with Gasteiger partial charge in [0.1, 0.15) is 12.4 Å². The summed E-state index contributed by atoms with van der Waals surface area (Å²) in [6, 6.07) is 14.3. The summed E-state index contributed by atoms with van der Waals surface area (Å²) in [7, 11) is 0. The number of hydrogen-bond donors (Lipinski definition) is 1. The van der Waals surface area contributed by atoms with Crippen LogP contribution in [0, 0.1) is 17.3 Å². The third-order valence-electron chi connectivity index (χ3n) is 6.85. The highest BCUT2D eigenvalue weighted by Crippen LogP contribution is 2.63. The molecule has 2 unspecified atom stereocenters. The molecule has 27 heavy (non-hydrogen) atoms. The summed E-state index contributed by atoms with van der Waals surface area (Å²) < 4.78 is 5.86. The van der Waals surface area contributed by atoms with Crippen LogP contribution in [0.1, 0.15) is 38.5 Å². The van der Waals surface area contributed by atoms with Crippen molar-refractivity contribution >= 4 is 28.3 Å². The van der Waals surface area contributed by atoms with E-state index in [1.807, 2.05) is 24.3 Å². The third kappa shape index (κ3) is 3.20. The molecular weight excluding hydrogens is 358 g/mol. The number of rotatable bonds is 5. The van der Waals surface area contributed by atoms with E-state index in [0.29, 0.717) is 25.0 Å². The fourth-order valence-electron chi connectivity index (χ4n) is 6.19. The van der Waals surface area contributed by atoms with Crippen molar-refractivity contribution in [3.05, 3.63) is 42.5 Å². The van der Waals surface area contributed by atoms with Gasteiger partial charge in [-0.15, -0.1) is 11.6 Å². The van der Waals surface area contributed by atoms with Crippen LogP contribution >= 0.6 is 11.6 Å². The predicted octanol–water partition coefficient (Wildman–Crippen LogP) is 4.91. The van der Waals surface area contributed by atoms with Crippen LogP contribution in [0.4, 0.5) is 0 Å². The molecule has 1 amide bonds. The van der Waals surface area contributed by atoms with Crippen LogP contribution in [-0.2, 0) is 4.79 Å². The molecule has 4 aliphatic rings. The first-order valence-corrected chi connectivity index (χ1v) is 10.5. The van der Waals surface area contributed by atoms with Crippen LogP contribution in [-0.4, -0.2) is 23.9 Å². The normalized spacial score (nSPS) is 34.0. The fourth-order valence-corrected chi connectivity index (χ4v) is 6.89. The molecule has 3 nitrogen and oxygen atoms in total. The zero-order chi connectivity index (χ0) is 18.5. The van der Waals surface area contributed by atoms with Gasteiger partial charge in [0.05, 0.1) is 12.0 Å². The molecule has 2 aromatic rings. The van der Waals surface area contributed by atoms with Crippen LogP contribution in [0.15, 0.2) is 42.5 Å². The Labute approximate surface area is 165 Å². The average Bonchev–Trinajstić information content (AvgIpc) is 2.63. The molecule has 2 atom stereocenters. The second kappa shape index (κ2) is 6.41. The molecule has 4 bridgehead atoms. The molecule has 0 heterocycles. The largest absolute Gasteiger partial charge is 0.492 e. The molecule has 0 aromatic heterocycles. The monoisotopic (exact) mass is 383 g/mol. The van der Waals surface area contributed by atoms with Crippen molar-refractivity contribution in [2.24, 2.45) is 17.3 Å². The van der Waals surface area contributed by atoms with Gasteiger partial charge in [-0.2, -0.15) is 0 Å². The van der Waals surface area contributed by atoms with E-state index in [1.54, 1.807) is 0 Å². The molecule has 2 aromatic carbocycles. The van der Waals surface area contributed by atoms with Crippen molar-refractivity contribution in [3.8, 4) is 5.75 Å². The van der Waals surface area contributed by atoms with Gasteiger partial charge in [0.15, 0.2) is 0 Å². The van der Waals surface area contributed by atoms with Gasteiger partial charge < -0.3 is 10.1 Å². The van der Waals surface area contributed by atoms with Crippen molar-refractivity contribution in [1.29, 1.82) is 0 Å². The number of halogens is 1. The second-order valence-corrected chi connectivity index (χ2v) is 9.81. The lowest BCUT2D eigenvalue weighted by molar-refractivity contribution is -0.144. The Balaban J connectivity index is 1.18. The molecule has 6 rings (SSSR count). The highest BCUT2D eigenvalue weighted by Gasteiger charge is 2.59. The van der Waals surface area contributed by atoms with E-state index in [4.69, 9.17) is 16.3 Å². The lowest BCUT2D eigenvalue weighted by atomic mass is 9.49. The Bertz CT molecular complexity index is 866. The summed E-state index contributed by atoms with van der Waals surface area (Å²) in [6.07, 6.45) is 6.38. The van der Waals surface area contributed by atoms with Gasteiger partial charge in [-0.05, 0) is 73.3 Å². The predicted molar refractivity (Wildman–Crippen MR) is 108 cm³/mol. The second-order valence-electron chi connectivity index (χ2n) is 9.01. The zero-order valence-electron chi connectivity index (χ0n) is 15.5. The maximum Gasteiger partial charge on any atom is 0.226 e. The molecule has 4 fully saturated rings. The molecule has 0 saturated heterocycles. The maximum atomic E-state index is 13.0. The van der Waals surface area contributed by atoms with Gasteiger partial charge in [0, 0.05) is 4.87 Å². The van der Waals surface area contributed by atoms with Crippen molar-refractivity contribution in [1.82, 2.24) is 5.32 Å². The van der Waals surface area contributed by atoms with Crippen LogP contribution in [0.25, 0.3) is 10.8 Å². The average molecular weight is 384 g/mol. The van der Waals surface area contributed by atoms with Crippen molar-refractivity contribution in [2.45, 2.75) is 43.4 Å². The van der Waals surface area contributed by atoms with Gasteiger partial charge >= 0.3 is 0 Å². The Morgan fingerprint density at radius 3 is 2.56 bits per heavy atom. The Kier molecular flexibility index (Phi) is 4.12. The Hall–Kier alpha value is -1.74. The number of benzene rings is 2. The van der Waals surface area contributed by atoms with Crippen LogP contribution in [0.5, 0.6) is 5.75 Å². The maximum absolute atomic E-state index is 13.0. The van der Waals surface area contributed by atoms with E-state index in [1.165, 1.54) is 17.2 Å². The van der Waals surface area contributed by atoms with Crippen LogP contribution in [0.3, 0.4) is 0 Å². The SMILES string of the molecule is O=C(NCCOc1ccc2ccccc2c1)C12CC3CC(CC(Cl)(C3)C1)C2. The molecule has 0 radical (unpaired) electrons. The number of alkyl halides is 1. The smallest absolute Gasteiger partial charge is 0.226 e. The van der Waals surface area contributed by atoms with E-state index < -0.39 is 0 Å². The van der Waals surface area contributed by atoms with E-state index in [9.17, 15) is 4.79 Å². The first-order chi connectivity index (χ1) is 13.0. The molecular formula is C23H26ClNO2. The highest BCUT2D eigenvalue weighted by molar-refractivity contribution is 6.24. The molecule has 0 aliphatic heterocycles. The minimum atomic E-state index is -0.227. The standard InChI is InChI=1S/C23H26ClNO2/c24-23-13-16-9-17(14-23)12-22(11-16,15-23)21(26)25-7-8-27-20-6-5-18-3-1-2-4-19(18)10-20/h1-6,10,16-17H,7-9,11-15H2,(H,25,26). The summed E-state index contributed by atoms with van der Waals surface area (Å²) in [4.78, 5) is 12.9. The molecule has 4 heteroatoms. The van der Waals surface area contributed by atoms with Gasteiger partial charge in [-0.3, -0.25) is 4.79 Å². The lowest BCUT2D eigenvalue weighted by Gasteiger charge is -2.59. The number of nitrogens with one attached hydrogen (secondary N) is 1. The van der Waals surface area contributed by atoms with E-state index in [-0.39, 0.29) is 16.2 Å². The Morgan fingerprint density at radius 1 is 1.07 bits per heavy atom. The molecule has 0 spiro atoms. The number of fused-ring (bicyclic) bond motifs is 1. The zero-order valence-corrected chi connectivity index (χ0v) is 16.3. The fraction of sp³-hybridized carbons (Fsp3) is 0.522. The number of hydrogen-bond acceptors (Lipinski definition) is 2. The summed E-state index contributed by atoms with van der Waals surface area (Å²) in [6.45, 7) is 1.02. The van der Waals surface area contributed by atoms with Gasteiger partial charge in [-0.1, -0.05) is 30.3 Å². The van der Waals surface area contributed by atoms with Crippen LogP contribution in [0.2, 0.25) is 0 Å². The molecule has 1 N–H and O–H groups in total. The quantitative estimate of drug-likeness (QED) is 0.588. The molecule has 142 valence electrons. The van der Waals surface area contributed by atoms with Crippen LogP contribution < -0.4 is 10.1 Å².